The van der Waals surface area contributed by atoms with Crippen LogP contribution in [0.25, 0.3) is 16.9 Å². The highest BCUT2D eigenvalue weighted by atomic mass is 19.4. The smallest absolute Gasteiger partial charge is 0.335 e. The first-order chi connectivity index (χ1) is 14.3. The van der Waals surface area contributed by atoms with Gasteiger partial charge in [-0.3, -0.25) is 4.79 Å². The van der Waals surface area contributed by atoms with Gasteiger partial charge in [0, 0.05) is 29.8 Å². The molecule has 0 N–H and O–H groups in total. The van der Waals surface area contributed by atoms with Crippen molar-refractivity contribution in [2.45, 2.75) is 51.2 Å². The van der Waals surface area contributed by atoms with Gasteiger partial charge in [-0.1, -0.05) is 24.3 Å². The molecule has 1 atom stereocenters. The number of amides is 1. The normalized spacial score (nSPS) is 18.9. The molecule has 1 aliphatic heterocycles. The quantitative estimate of drug-likeness (QED) is 0.588. The molecule has 2 aliphatic rings. The fourth-order valence-electron chi connectivity index (χ4n) is 4.67. The van der Waals surface area contributed by atoms with Crippen molar-refractivity contribution in [2.75, 3.05) is 6.54 Å². The number of benzene rings is 1. The van der Waals surface area contributed by atoms with E-state index in [1.54, 1.807) is 17.0 Å². The molecular formula is C22H21F3N4O. The molecular weight excluding hydrogens is 393 g/mol. The van der Waals surface area contributed by atoms with Gasteiger partial charge in [0.1, 0.15) is 0 Å². The highest BCUT2D eigenvalue weighted by molar-refractivity contribution is 5.93. The monoisotopic (exact) mass is 414 g/mol. The summed E-state index contributed by atoms with van der Waals surface area (Å²) in [7, 11) is 0. The maximum atomic E-state index is 14.1. The van der Waals surface area contributed by atoms with Gasteiger partial charge in [0.15, 0.2) is 17.0 Å². The fourth-order valence-corrected chi connectivity index (χ4v) is 4.67. The van der Waals surface area contributed by atoms with Gasteiger partial charge in [0.25, 0.3) is 5.91 Å². The minimum absolute atomic E-state index is 0.0115. The molecule has 1 amide bonds. The number of carbonyl (C=O) groups is 1. The molecule has 2 aromatic heterocycles. The Balaban J connectivity index is 1.70. The van der Waals surface area contributed by atoms with Crippen LogP contribution in [0, 0.1) is 0 Å². The second-order valence-electron chi connectivity index (χ2n) is 8.09. The second kappa shape index (κ2) is 6.82. The van der Waals surface area contributed by atoms with Crippen molar-refractivity contribution in [1.29, 1.82) is 0 Å². The number of fused-ring (bicyclic) bond motifs is 4. The van der Waals surface area contributed by atoms with Crippen LogP contribution in [0.2, 0.25) is 0 Å². The summed E-state index contributed by atoms with van der Waals surface area (Å²) in [5.74, 6) is -0.334. The number of hydrogen-bond acceptors (Lipinski definition) is 3. The Hall–Kier alpha value is -2.90. The second-order valence-corrected chi connectivity index (χ2v) is 8.09. The number of carbonyl (C=O) groups excluding carboxylic acids is 1. The first-order valence-corrected chi connectivity index (χ1v) is 10.2. The molecule has 1 saturated heterocycles. The van der Waals surface area contributed by atoms with E-state index in [1.807, 2.05) is 19.1 Å². The Labute approximate surface area is 171 Å². The lowest BCUT2D eigenvalue weighted by Gasteiger charge is -2.32. The molecule has 1 aliphatic carbocycles. The zero-order valence-corrected chi connectivity index (χ0v) is 16.5. The fraction of sp³-hybridized carbons (Fsp3) is 0.409. The van der Waals surface area contributed by atoms with Gasteiger partial charge in [-0.2, -0.15) is 18.3 Å². The molecule has 1 aromatic carbocycles. The van der Waals surface area contributed by atoms with Crippen LogP contribution in [0.3, 0.4) is 0 Å². The summed E-state index contributed by atoms with van der Waals surface area (Å²) in [6.45, 7) is 2.55. The molecule has 1 fully saturated rings. The van der Waals surface area contributed by atoms with Crippen LogP contribution < -0.4 is 0 Å². The molecule has 156 valence electrons. The standard InChI is InChI=1S/C22H21F3N4O/c1-13-6-4-5-11-28(13)21(30)17-12-18-26-19-15-8-3-2-7-14(15)9-10-16(19)20(22(23,24)25)29(18)27-17/h2-3,7-8,12-13H,4-6,9-11H2,1H3. The third-order valence-electron chi connectivity index (χ3n) is 6.17. The van der Waals surface area contributed by atoms with E-state index >= 15 is 0 Å². The van der Waals surface area contributed by atoms with Crippen LogP contribution in [0.4, 0.5) is 13.2 Å². The summed E-state index contributed by atoms with van der Waals surface area (Å²) >= 11 is 0. The first-order valence-electron chi connectivity index (χ1n) is 10.2. The van der Waals surface area contributed by atoms with Gasteiger partial charge in [-0.25, -0.2) is 9.50 Å². The molecule has 8 heteroatoms. The van der Waals surface area contributed by atoms with Gasteiger partial charge < -0.3 is 4.90 Å². The summed E-state index contributed by atoms with van der Waals surface area (Å²) < 4.78 is 43.2. The lowest BCUT2D eigenvalue weighted by molar-refractivity contribution is -0.143. The van der Waals surface area contributed by atoms with E-state index < -0.39 is 11.9 Å². The Morgan fingerprint density at radius 2 is 1.97 bits per heavy atom. The first kappa shape index (κ1) is 19.1. The minimum atomic E-state index is -4.61. The van der Waals surface area contributed by atoms with E-state index in [-0.39, 0.29) is 35.3 Å². The zero-order chi connectivity index (χ0) is 21.0. The summed E-state index contributed by atoms with van der Waals surface area (Å²) in [4.78, 5) is 19.2. The van der Waals surface area contributed by atoms with Crippen LogP contribution in [-0.2, 0) is 19.0 Å². The van der Waals surface area contributed by atoms with Crippen molar-refractivity contribution in [3.63, 3.8) is 0 Å². The number of hydrogen-bond donors (Lipinski definition) is 0. The van der Waals surface area contributed by atoms with Gasteiger partial charge in [-0.05, 0) is 44.6 Å². The summed E-state index contributed by atoms with van der Waals surface area (Å²) in [5, 5.41) is 4.10. The predicted molar refractivity (Wildman–Crippen MR) is 105 cm³/mol. The van der Waals surface area contributed by atoms with Crippen molar-refractivity contribution >= 4 is 11.6 Å². The number of rotatable bonds is 1. The van der Waals surface area contributed by atoms with E-state index in [0.717, 1.165) is 29.3 Å². The molecule has 3 aromatic rings. The average Bonchev–Trinajstić information content (AvgIpc) is 3.14. The molecule has 0 spiro atoms. The number of piperidine rings is 1. The zero-order valence-electron chi connectivity index (χ0n) is 16.5. The number of aromatic nitrogens is 3. The Bertz CT molecular complexity index is 1150. The van der Waals surface area contributed by atoms with Crippen LogP contribution in [-0.4, -0.2) is 38.0 Å². The van der Waals surface area contributed by atoms with Gasteiger partial charge in [0.2, 0.25) is 0 Å². The summed E-state index contributed by atoms with van der Waals surface area (Å²) in [6, 6.07) is 8.83. The van der Waals surface area contributed by atoms with E-state index in [9.17, 15) is 18.0 Å². The maximum absolute atomic E-state index is 14.1. The minimum Gasteiger partial charge on any atom is -0.335 e. The van der Waals surface area contributed by atoms with E-state index in [2.05, 4.69) is 10.1 Å². The van der Waals surface area contributed by atoms with Crippen molar-refractivity contribution < 1.29 is 18.0 Å². The predicted octanol–water partition coefficient (Wildman–Crippen LogP) is 4.53. The third kappa shape index (κ3) is 2.97. The number of alkyl halides is 3. The molecule has 0 radical (unpaired) electrons. The average molecular weight is 414 g/mol. The summed E-state index contributed by atoms with van der Waals surface area (Å²) in [5.41, 5.74) is 1.40. The largest absolute Gasteiger partial charge is 0.433 e. The molecule has 0 bridgehead atoms. The summed E-state index contributed by atoms with van der Waals surface area (Å²) in [6.07, 6.45) is -1.05. The Morgan fingerprint density at radius 1 is 1.17 bits per heavy atom. The van der Waals surface area contributed by atoms with E-state index in [0.29, 0.717) is 24.2 Å². The van der Waals surface area contributed by atoms with Gasteiger partial charge in [0.05, 0.1) is 5.69 Å². The van der Waals surface area contributed by atoms with Crippen molar-refractivity contribution in [3.05, 3.63) is 52.8 Å². The maximum Gasteiger partial charge on any atom is 0.433 e. The molecule has 3 heterocycles. The Kier molecular flexibility index (Phi) is 4.34. The van der Waals surface area contributed by atoms with E-state index in [4.69, 9.17) is 0 Å². The highest BCUT2D eigenvalue weighted by Crippen LogP contribution is 2.40. The van der Waals surface area contributed by atoms with Crippen LogP contribution in [0.15, 0.2) is 30.3 Å². The lowest BCUT2D eigenvalue weighted by Crippen LogP contribution is -2.42. The molecule has 1 unspecified atom stereocenters. The molecule has 5 nitrogen and oxygen atoms in total. The SMILES string of the molecule is CC1CCCCN1C(=O)c1cc2nc3c(c(C(F)(F)F)n2n1)CCc1ccccc1-3. The van der Waals surface area contributed by atoms with Crippen LogP contribution >= 0.6 is 0 Å². The van der Waals surface area contributed by atoms with Crippen LogP contribution in [0.1, 0.15) is 53.5 Å². The van der Waals surface area contributed by atoms with Gasteiger partial charge >= 0.3 is 6.18 Å². The highest BCUT2D eigenvalue weighted by Gasteiger charge is 2.40. The van der Waals surface area contributed by atoms with E-state index in [1.165, 1.54) is 6.07 Å². The van der Waals surface area contributed by atoms with Crippen molar-refractivity contribution in [3.8, 4) is 11.3 Å². The molecule has 0 saturated carbocycles. The van der Waals surface area contributed by atoms with Gasteiger partial charge in [-0.15, -0.1) is 0 Å². The Morgan fingerprint density at radius 3 is 2.73 bits per heavy atom. The van der Waals surface area contributed by atoms with Crippen molar-refractivity contribution in [2.24, 2.45) is 0 Å². The third-order valence-corrected chi connectivity index (χ3v) is 6.17. The number of likely N-dealkylation sites (tertiary alicyclic amines) is 1. The number of nitrogens with zero attached hydrogens (tertiary/aromatic N) is 4. The number of halogens is 3. The van der Waals surface area contributed by atoms with Crippen LogP contribution in [0.5, 0.6) is 0 Å². The lowest BCUT2D eigenvalue weighted by atomic mass is 9.88. The molecule has 5 rings (SSSR count). The topological polar surface area (TPSA) is 50.5 Å². The number of aryl methyl sites for hydroxylation is 1. The van der Waals surface area contributed by atoms with Crippen molar-refractivity contribution in [1.82, 2.24) is 19.5 Å². The molecule has 30 heavy (non-hydrogen) atoms.